The fourth-order valence-corrected chi connectivity index (χ4v) is 0.524. The molecule has 0 aromatic heterocycles. The first-order valence-corrected chi connectivity index (χ1v) is 3.77. The maximum Gasteiger partial charge on any atom is 0.251 e. The Kier molecular flexibility index (Phi) is 4.81. The highest BCUT2D eigenvalue weighted by atomic mass is 16.6. The summed E-state index contributed by atoms with van der Waals surface area (Å²) in [6, 6.07) is 0.181. The van der Waals surface area contributed by atoms with Gasteiger partial charge < -0.3 is 5.32 Å². The third-order valence-corrected chi connectivity index (χ3v) is 1.57. The minimum Gasteiger partial charge on any atom is -0.351 e. The van der Waals surface area contributed by atoms with Gasteiger partial charge in [0.2, 0.25) is 0 Å². The molecule has 0 aliphatic rings. The van der Waals surface area contributed by atoms with E-state index in [-0.39, 0.29) is 11.9 Å². The number of hydrogen-bond acceptors (Lipinski definition) is 3. The summed E-state index contributed by atoms with van der Waals surface area (Å²) >= 11 is 0. The molecule has 0 rings (SSSR count). The van der Waals surface area contributed by atoms with Gasteiger partial charge in [0, 0.05) is 6.04 Å². The molecule has 0 bridgehead atoms. The Bertz CT molecular complexity index is 128. The van der Waals surface area contributed by atoms with Gasteiger partial charge in [0.1, 0.15) is 0 Å². The monoisotopic (exact) mass is 160 g/mol. The summed E-state index contributed by atoms with van der Waals surface area (Å²) in [7, 11) is 0. The first-order chi connectivity index (χ1) is 5.11. The van der Waals surface area contributed by atoms with E-state index in [2.05, 4.69) is 10.2 Å². The van der Waals surface area contributed by atoms with E-state index in [1.165, 1.54) is 0 Å². The van der Waals surface area contributed by atoms with Gasteiger partial charge in [0.05, 0.1) is 0 Å². The number of nitrogens with two attached hydrogens (primary N) is 1. The maximum atomic E-state index is 11.0. The molecule has 0 aliphatic heterocycles. The molecular weight excluding hydrogens is 144 g/mol. The van der Waals surface area contributed by atoms with Crippen molar-refractivity contribution in [2.45, 2.75) is 39.3 Å². The van der Waals surface area contributed by atoms with Gasteiger partial charge in [-0.15, -0.1) is 0 Å². The summed E-state index contributed by atoms with van der Waals surface area (Å²) < 4.78 is 0. The molecule has 3 N–H and O–H groups in total. The number of carbonyl (C=O) groups excluding carboxylic acids is 1. The van der Waals surface area contributed by atoms with Crippen molar-refractivity contribution in [2.75, 3.05) is 0 Å². The molecule has 0 spiro atoms. The topological polar surface area (TPSA) is 64.3 Å². The van der Waals surface area contributed by atoms with E-state index in [4.69, 9.17) is 5.90 Å². The molecule has 0 aromatic rings. The van der Waals surface area contributed by atoms with Crippen molar-refractivity contribution in [2.24, 2.45) is 5.90 Å². The average Bonchev–Trinajstić information content (AvgIpc) is 2.02. The molecule has 2 atom stereocenters. The van der Waals surface area contributed by atoms with Crippen molar-refractivity contribution < 1.29 is 9.63 Å². The minimum atomic E-state index is -0.566. The molecule has 1 amide bonds. The van der Waals surface area contributed by atoms with Gasteiger partial charge >= 0.3 is 0 Å². The molecule has 0 saturated heterocycles. The lowest BCUT2D eigenvalue weighted by Crippen LogP contribution is -2.40. The summed E-state index contributed by atoms with van der Waals surface area (Å²) in [6.45, 7) is 5.54. The van der Waals surface area contributed by atoms with Crippen LogP contribution in [0.3, 0.4) is 0 Å². The predicted octanol–water partition coefficient (Wildman–Crippen LogP) is 0.180. The van der Waals surface area contributed by atoms with Crippen molar-refractivity contribution in [3.63, 3.8) is 0 Å². The van der Waals surface area contributed by atoms with Gasteiger partial charge in [-0.25, -0.2) is 5.90 Å². The molecule has 0 heterocycles. The quantitative estimate of drug-likeness (QED) is 0.576. The van der Waals surface area contributed by atoms with E-state index in [0.29, 0.717) is 0 Å². The zero-order chi connectivity index (χ0) is 8.85. The molecule has 0 saturated carbocycles. The van der Waals surface area contributed by atoms with Crippen molar-refractivity contribution in [3.05, 3.63) is 0 Å². The standard InChI is InChI=1S/C7H16N2O2/c1-4-5(2)9-7(10)6(3)11-8/h5-6H,4,8H2,1-3H3,(H,9,10). The minimum absolute atomic E-state index is 0.165. The van der Waals surface area contributed by atoms with Crippen molar-refractivity contribution >= 4 is 5.91 Å². The Labute approximate surface area is 67.0 Å². The molecule has 0 radical (unpaired) electrons. The predicted molar refractivity (Wildman–Crippen MR) is 42.6 cm³/mol. The van der Waals surface area contributed by atoms with Gasteiger partial charge in [0.25, 0.3) is 5.91 Å². The summed E-state index contributed by atoms with van der Waals surface area (Å²) in [5, 5.41) is 2.74. The first kappa shape index (κ1) is 10.4. The van der Waals surface area contributed by atoms with Crippen LogP contribution >= 0.6 is 0 Å². The maximum absolute atomic E-state index is 11.0. The summed E-state index contributed by atoms with van der Waals surface area (Å²) in [4.78, 5) is 15.4. The third-order valence-electron chi connectivity index (χ3n) is 1.57. The van der Waals surface area contributed by atoms with Crippen LogP contribution < -0.4 is 11.2 Å². The fraction of sp³-hybridized carbons (Fsp3) is 0.857. The molecule has 0 aromatic carbocycles. The zero-order valence-corrected chi connectivity index (χ0v) is 7.26. The lowest BCUT2D eigenvalue weighted by atomic mass is 10.2. The Balaban J connectivity index is 3.68. The second-order valence-corrected chi connectivity index (χ2v) is 2.60. The molecule has 4 nitrogen and oxygen atoms in total. The highest BCUT2D eigenvalue weighted by molar-refractivity contribution is 5.80. The third kappa shape index (κ3) is 3.95. The second-order valence-electron chi connectivity index (χ2n) is 2.60. The molecular formula is C7H16N2O2. The van der Waals surface area contributed by atoms with E-state index >= 15 is 0 Å². The average molecular weight is 160 g/mol. The molecule has 4 heteroatoms. The van der Waals surface area contributed by atoms with Crippen LogP contribution in [0.5, 0.6) is 0 Å². The Morgan fingerprint density at radius 1 is 1.64 bits per heavy atom. The van der Waals surface area contributed by atoms with E-state index in [1.807, 2.05) is 13.8 Å². The van der Waals surface area contributed by atoms with E-state index in [0.717, 1.165) is 6.42 Å². The summed E-state index contributed by atoms with van der Waals surface area (Å²) in [5.74, 6) is 4.66. The summed E-state index contributed by atoms with van der Waals surface area (Å²) in [6.07, 6.45) is 0.340. The molecule has 11 heavy (non-hydrogen) atoms. The first-order valence-electron chi connectivity index (χ1n) is 3.77. The van der Waals surface area contributed by atoms with Crippen LogP contribution in [0.4, 0.5) is 0 Å². The number of hydrogen-bond donors (Lipinski definition) is 2. The lowest BCUT2D eigenvalue weighted by Gasteiger charge is -2.14. The van der Waals surface area contributed by atoms with Gasteiger partial charge in [-0.2, -0.15) is 0 Å². The van der Waals surface area contributed by atoms with Gasteiger partial charge in [-0.05, 0) is 20.3 Å². The van der Waals surface area contributed by atoms with E-state index in [9.17, 15) is 4.79 Å². The fourth-order valence-electron chi connectivity index (χ4n) is 0.524. The number of rotatable bonds is 4. The normalized spacial score (nSPS) is 15.6. The Morgan fingerprint density at radius 2 is 2.18 bits per heavy atom. The van der Waals surface area contributed by atoms with Gasteiger partial charge in [0.15, 0.2) is 6.10 Å². The molecule has 0 aliphatic carbocycles. The number of carbonyl (C=O) groups is 1. The number of amides is 1. The van der Waals surface area contributed by atoms with Crippen LogP contribution in [0.15, 0.2) is 0 Å². The van der Waals surface area contributed by atoms with Crippen molar-refractivity contribution in [3.8, 4) is 0 Å². The highest BCUT2D eigenvalue weighted by Crippen LogP contribution is 1.91. The van der Waals surface area contributed by atoms with Crippen LogP contribution in [0.1, 0.15) is 27.2 Å². The van der Waals surface area contributed by atoms with Crippen LogP contribution in [0.2, 0.25) is 0 Å². The SMILES string of the molecule is CCC(C)NC(=O)C(C)ON. The van der Waals surface area contributed by atoms with Gasteiger partial charge in [-0.1, -0.05) is 6.92 Å². The van der Waals surface area contributed by atoms with Crippen LogP contribution in [0, 0.1) is 0 Å². The smallest absolute Gasteiger partial charge is 0.251 e. The summed E-state index contributed by atoms with van der Waals surface area (Å²) in [5.41, 5.74) is 0. The Hall–Kier alpha value is -0.610. The second kappa shape index (κ2) is 5.09. The van der Waals surface area contributed by atoms with Crippen LogP contribution in [-0.4, -0.2) is 18.1 Å². The Morgan fingerprint density at radius 3 is 2.55 bits per heavy atom. The van der Waals surface area contributed by atoms with E-state index in [1.54, 1.807) is 6.92 Å². The molecule has 0 fully saturated rings. The van der Waals surface area contributed by atoms with Crippen molar-refractivity contribution in [1.82, 2.24) is 5.32 Å². The van der Waals surface area contributed by atoms with E-state index < -0.39 is 6.10 Å². The number of nitrogens with one attached hydrogen (secondary N) is 1. The van der Waals surface area contributed by atoms with Crippen LogP contribution in [-0.2, 0) is 9.63 Å². The molecule has 2 unspecified atom stereocenters. The largest absolute Gasteiger partial charge is 0.351 e. The zero-order valence-electron chi connectivity index (χ0n) is 7.26. The van der Waals surface area contributed by atoms with Crippen molar-refractivity contribution in [1.29, 1.82) is 0 Å². The van der Waals surface area contributed by atoms with Gasteiger partial charge in [-0.3, -0.25) is 9.63 Å². The highest BCUT2D eigenvalue weighted by Gasteiger charge is 2.13. The lowest BCUT2D eigenvalue weighted by molar-refractivity contribution is -0.132. The van der Waals surface area contributed by atoms with Crippen LogP contribution in [0.25, 0.3) is 0 Å². The molecule has 66 valence electrons.